The molecule has 1 saturated carbocycles. The Morgan fingerprint density at radius 3 is 2.25 bits per heavy atom. The van der Waals surface area contributed by atoms with Crippen LogP contribution in [0.4, 0.5) is 0 Å². The zero-order valence-electron chi connectivity index (χ0n) is 11.3. The van der Waals surface area contributed by atoms with E-state index in [1.54, 1.807) is 0 Å². The van der Waals surface area contributed by atoms with Crippen molar-refractivity contribution in [3.05, 3.63) is 0 Å². The summed E-state index contributed by atoms with van der Waals surface area (Å²) in [5, 5.41) is 3.64. The Kier molecular flexibility index (Phi) is 4.29. The van der Waals surface area contributed by atoms with E-state index in [1.807, 2.05) is 0 Å². The zero-order valence-corrected chi connectivity index (χ0v) is 11.3. The van der Waals surface area contributed by atoms with Gasteiger partial charge in [0.25, 0.3) is 0 Å². The fourth-order valence-corrected chi connectivity index (χ4v) is 3.60. The van der Waals surface area contributed by atoms with Gasteiger partial charge in [0.1, 0.15) is 0 Å². The van der Waals surface area contributed by atoms with Crippen molar-refractivity contribution in [2.45, 2.75) is 65.3 Å². The van der Waals surface area contributed by atoms with Crippen LogP contribution in [-0.4, -0.2) is 12.6 Å². The minimum atomic E-state index is 0.765. The molecule has 16 heavy (non-hydrogen) atoms. The second-order valence-electron chi connectivity index (χ2n) is 6.62. The molecule has 2 aliphatic rings. The lowest BCUT2D eigenvalue weighted by Gasteiger charge is -2.36. The minimum Gasteiger partial charge on any atom is -0.314 e. The molecule has 1 aliphatic carbocycles. The molecule has 1 saturated heterocycles. The third kappa shape index (κ3) is 3.23. The van der Waals surface area contributed by atoms with Crippen LogP contribution in [0, 0.1) is 23.7 Å². The van der Waals surface area contributed by atoms with Gasteiger partial charge in [-0.2, -0.15) is 0 Å². The van der Waals surface area contributed by atoms with E-state index in [0.29, 0.717) is 0 Å². The van der Waals surface area contributed by atoms with Gasteiger partial charge >= 0.3 is 0 Å². The van der Waals surface area contributed by atoms with E-state index in [9.17, 15) is 0 Å². The molecule has 0 bridgehead atoms. The summed E-state index contributed by atoms with van der Waals surface area (Å²) in [5.74, 6) is 3.95. The van der Waals surface area contributed by atoms with Crippen molar-refractivity contribution in [1.29, 1.82) is 0 Å². The molecule has 0 aromatic carbocycles. The van der Waals surface area contributed by atoms with E-state index >= 15 is 0 Å². The van der Waals surface area contributed by atoms with Crippen molar-refractivity contribution in [2.75, 3.05) is 6.54 Å². The maximum Gasteiger partial charge on any atom is 0.00389 e. The van der Waals surface area contributed by atoms with Crippen LogP contribution < -0.4 is 5.32 Å². The predicted molar refractivity (Wildman–Crippen MR) is 70.5 cm³/mol. The Bertz CT molecular complexity index is 205. The second-order valence-corrected chi connectivity index (χ2v) is 6.62. The summed E-state index contributed by atoms with van der Waals surface area (Å²) >= 11 is 0. The van der Waals surface area contributed by atoms with E-state index < -0.39 is 0 Å². The van der Waals surface area contributed by atoms with Crippen molar-refractivity contribution in [2.24, 2.45) is 23.7 Å². The summed E-state index contributed by atoms with van der Waals surface area (Å²) in [4.78, 5) is 0. The highest BCUT2D eigenvalue weighted by Gasteiger charge is 2.27. The van der Waals surface area contributed by atoms with E-state index in [2.05, 4.69) is 26.1 Å². The molecule has 2 rings (SSSR count). The van der Waals surface area contributed by atoms with Crippen LogP contribution >= 0.6 is 0 Å². The maximum absolute atomic E-state index is 3.64. The lowest BCUT2D eigenvalue weighted by molar-refractivity contribution is 0.168. The Morgan fingerprint density at radius 1 is 0.875 bits per heavy atom. The molecule has 2 fully saturated rings. The van der Waals surface area contributed by atoms with Crippen LogP contribution in [0.2, 0.25) is 0 Å². The van der Waals surface area contributed by atoms with Gasteiger partial charge in [-0.15, -0.1) is 0 Å². The lowest BCUT2D eigenvalue weighted by atomic mass is 9.72. The monoisotopic (exact) mass is 223 g/mol. The SMILES string of the molecule is CC1CCC(CC2CCC(C)C(C)C2)CN1. The van der Waals surface area contributed by atoms with Crippen molar-refractivity contribution < 1.29 is 0 Å². The van der Waals surface area contributed by atoms with Gasteiger partial charge in [-0.05, 0) is 62.8 Å². The van der Waals surface area contributed by atoms with Crippen LogP contribution in [0.15, 0.2) is 0 Å². The van der Waals surface area contributed by atoms with Crippen LogP contribution in [-0.2, 0) is 0 Å². The van der Waals surface area contributed by atoms with Gasteiger partial charge in [-0.1, -0.05) is 26.7 Å². The van der Waals surface area contributed by atoms with Gasteiger partial charge in [0.05, 0.1) is 0 Å². The molecule has 1 N–H and O–H groups in total. The largest absolute Gasteiger partial charge is 0.314 e. The summed E-state index contributed by atoms with van der Waals surface area (Å²) < 4.78 is 0. The minimum absolute atomic E-state index is 0.765. The average Bonchev–Trinajstić information content (AvgIpc) is 2.27. The van der Waals surface area contributed by atoms with E-state index in [0.717, 1.165) is 29.7 Å². The highest BCUT2D eigenvalue weighted by Crippen LogP contribution is 2.37. The molecular formula is C15H29N. The fraction of sp³-hybridized carbons (Fsp3) is 1.00. The summed E-state index contributed by atoms with van der Waals surface area (Å²) in [6, 6.07) is 0.765. The molecule has 1 aliphatic heterocycles. The second kappa shape index (κ2) is 5.53. The maximum atomic E-state index is 3.64. The summed E-state index contributed by atoms with van der Waals surface area (Å²) in [5.41, 5.74) is 0. The molecule has 0 amide bonds. The Hall–Kier alpha value is -0.0400. The Morgan fingerprint density at radius 2 is 1.62 bits per heavy atom. The van der Waals surface area contributed by atoms with Crippen molar-refractivity contribution in [3.8, 4) is 0 Å². The van der Waals surface area contributed by atoms with Crippen molar-refractivity contribution in [3.63, 3.8) is 0 Å². The smallest absolute Gasteiger partial charge is 0.00389 e. The molecule has 94 valence electrons. The number of piperidine rings is 1. The molecule has 1 heteroatoms. The first-order valence-electron chi connectivity index (χ1n) is 7.38. The van der Waals surface area contributed by atoms with Gasteiger partial charge in [-0.3, -0.25) is 0 Å². The van der Waals surface area contributed by atoms with Crippen molar-refractivity contribution in [1.82, 2.24) is 5.32 Å². The molecule has 5 atom stereocenters. The Labute approximate surface area is 101 Å². The summed E-state index contributed by atoms with van der Waals surface area (Å²) in [6.07, 6.45) is 8.82. The quantitative estimate of drug-likeness (QED) is 0.750. The molecule has 0 spiro atoms. The summed E-state index contributed by atoms with van der Waals surface area (Å²) in [7, 11) is 0. The van der Waals surface area contributed by atoms with Crippen LogP contribution in [0.5, 0.6) is 0 Å². The lowest BCUT2D eigenvalue weighted by Crippen LogP contribution is -2.38. The van der Waals surface area contributed by atoms with E-state index in [1.165, 1.54) is 45.1 Å². The highest BCUT2D eigenvalue weighted by atomic mass is 14.9. The Balaban J connectivity index is 1.73. The number of nitrogens with one attached hydrogen (secondary N) is 1. The number of rotatable bonds is 2. The van der Waals surface area contributed by atoms with Gasteiger partial charge in [0.15, 0.2) is 0 Å². The van der Waals surface area contributed by atoms with Crippen LogP contribution in [0.25, 0.3) is 0 Å². The normalized spacial score (nSPS) is 45.6. The fourth-order valence-electron chi connectivity index (χ4n) is 3.60. The van der Waals surface area contributed by atoms with E-state index in [-0.39, 0.29) is 0 Å². The number of hydrogen-bond donors (Lipinski definition) is 1. The van der Waals surface area contributed by atoms with Gasteiger partial charge in [-0.25, -0.2) is 0 Å². The van der Waals surface area contributed by atoms with Gasteiger partial charge in [0.2, 0.25) is 0 Å². The van der Waals surface area contributed by atoms with Gasteiger partial charge < -0.3 is 5.32 Å². The van der Waals surface area contributed by atoms with Gasteiger partial charge in [0, 0.05) is 6.04 Å². The first kappa shape index (κ1) is 12.4. The first-order chi connectivity index (χ1) is 7.65. The van der Waals surface area contributed by atoms with Crippen molar-refractivity contribution >= 4 is 0 Å². The molecule has 5 unspecified atom stereocenters. The zero-order chi connectivity index (χ0) is 11.5. The third-order valence-corrected chi connectivity index (χ3v) is 5.14. The molecule has 1 heterocycles. The third-order valence-electron chi connectivity index (χ3n) is 5.14. The molecular weight excluding hydrogens is 194 g/mol. The first-order valence-corrected chi connectivity index (χ1v) is 7.38. The summed E-state index contributed by atoms with van der Waals surface area (Å²) in [6.45, 7) is 8.49. The topological polar surface area (TPSA) is 12.0 Å². The molecule has 0 aromatic rings. The van der Waals surface area contributed by atoms with Crippen LogP contribution in [0.1, 0.15) is 59.3 Å². The predicted octanol–water partition coefficient (Wildman–Crippen LogP) is 3.84. The average molecular weight is 223 g/mol. The molecule has 1 nitrogen and oxygen atoms in total. The molecule has 0 radical (unpaired) electrons. The van der Waals surface area contributed by atoms with E-state index in [4.69, 9.17) is 0 Å². The molecule has 0 aromatic heterocycles. The van der Waals surface area contributed by atoms with Crippen LogP contribution in [0.3, 0.4) is 0 Å². The highest BCUT2D eigenvalue weighted by molar-refractivity contribution is 4.81. The standard InChI is InChI=1S/C15H29N/c1-11-4-6-14(8-12(11)2)9-15-7-5-13(3)16-10-15/h11-16H,4-10H2,1-3H3. The number of hydrogen-bond acceptors (Lipinski definition) is 1.